The molecule has 0 aliphatic heterocycles. The van der Waals surface area contributed by atoms with Crippen molar-refractivity contribution in [2.45, 2.75) is 39.5 Å². The van der Waals surface area contributed by atoms with Crippen LogP contribution in [0.15, 0.2) is 54.9 Å². The van der Waals surface area contributed by atoms with E-state index in [0.717, 1.165) is 11.4 Å². The fourth-order valence-electron chi connectivity index (χ4n) is 2.77. The Hall–Kier alpha value is -3.08. The molecule has 0 saturated carbocycles. The minimum Gasteiger partial charge on any atom is -0.393 e. The number of benzene rings is 2. The summed E-state index contributed by atoms with van der Waals surface area (Å²) in [5.74, 6) is 2.18. The third-order valence-electron chi connectivity index (χ3n) is 4.56. The van der Waals surface area contributed by atoms with E-state index in [1.807, 2.05) is 24.3 Å². The number of aromatic nitrogens is 2. The first-order chi connectivity index (χ1) is 12.9. The summed E-state index contributed by atoms with van der Waals surface area (Å²) < 4.78 is 0. The molecule has 5 nitrogen and oxygen atoms in total. The van der Waals surface area contributed by atoms with Crippen molar-refractivity contribution in [2.24, 2.45) is 0 Å². The smallest absolute Gasteiger partial charge is 0.159 e. The van der Waals surface area contributed by atoms with Gasteiger partial charge in [-0.2, -0.15) is 0 Å². The first kappa shape index (κ1) is 18.7. The average Bonchev–Trinajstić information content (AvgIpc) is 2.66. The van der Waals surface area contributed by atoms with Crippen LogP contribution in [0, 0.1) is 0 Å². The second-order valence-corrected chi connectivity index (χ2v) is 7.29. The van der Waals surface area contributed by atoms with Gasteiger partial charge in [0.05, 0.1) is 0 Å². The number of hydrogen-bond donors (Lipinski definition) is 3. The van der Waals surface area contributed by atoms with E-state index >= 15 is 0 Å². The summed E-state index contributed by atoms with van der Waals surface area (Å²) >= 11 is 0. The zero-order valence-corrected chi connectivity index (χ0v) is 16.3. The molecule has 140 valence electrons. The van der Waals surface area contributed by atoms with E-state index in [2.05, 4.69) is 72.6 Å². The SMILES string of the molecule is CC(C)c1ccc(Nc2ncnc(Nc3ccc(C(C)C)cc3)c2N)cc1. The molecule has 0 fully saturated rings. The molecule has 1 aromatic heterocycles. The second-order valence-electron chi connectivity index (χ2n) is 7.29. The largest absolute Gasteiger partial charge is 0.393 e. The monoisotopic (exact) mass is 361 g/mol. The van der Waals surface area contributed by atoms with Gasteiger partial charge in [-0.25, -0.2) is 9.97 Å². The fraction of sp³-hybridized carbons (Fsp3) is 0.273. The van der Waals surface area contributed by atoms with Crippen molar-refractivity contribution in [1.82, 2.24) is 9.97 Å². The van der Waals surface area contributed by atoms with E-state index in [0.29, 0.717) is 29.2 Å². The molecule has 0 bridgehead atoms. The molecule has 27 heavy (non-hydrogen) atoms. The first-order valence-corrected chi connectivity index (χ1v) is 9.28. The number of rotatable bonds is 6. The zero-order chi connectivity index (χ0) is 19.4. The Labute approximate surface area is 161 Å². The molecule has 3 aromatic rings. The van der Waals surface area contributed by atoms with E-state index < -0.39 is 0 Å². The number of nitrogens with zero attached hydrogens (tertiary/aromatic N) is 2. The molecule has 0 radical (unpaired) electrons. The highest BCUT2D eigenvalue weighted by molar-refractivity contribution is 5.80. The Bertz CT molecular complexity index is 812. The highest BCUT2D eigenvalue weighted by Crippen LogP contribution is 2.29. The van der Waals surface area contributed by atoms with Gasteiger partial charge in [-0.1, -0.05) is 52.0 Å². The number of anilines is 5. The van der Waals surface area contributed by atoms with Crippen molar-refractivity contribution in [3.05, 3.63) is 66.0 Å². The lowest BCUT2D eigenvalue weighted by Gasteiger charge is -2.14. The Morgan fingerprint density at radius 3 is 1.37 bits per heavy atom. The Morgan fingerprint density at radius 1 is 0.667 bits per heavy atom. The van der Waals surface area contributed by atoms with Gasteiger partial charge >= 0.3 is 0 Å². The lowest BCUT2D eigenvalue weighted by atomic mass is 10.0. The van der Waals surface area contributed by atoms with Crippen LogP contribution >= 0.6 is 0 Å². The molecule has 4 N–H and O–H groups in total. The Kier molecular flexibility index (Phi) is 5.60. The summed E-state index contributed by atoms with van der Waals surface area (Å²) in [5, 5.41) is 6.54. The van der Waals surface area contributed by atoms with Gasteiger partial charge in [0.25, 0.3) is 0 Å². The molecule has 3 rings (SSSR count). The standard InChI is InChI=1S/C22H27N5/c1-14(2)16-5-9-18(10-6-16)26-21-20(23)22(25-13-24-21)27-19-11-7-17(8-12-19)15(3)4/h5-15H,23H2,1-4H3,(H2,24,25,26,27). The number of hydrogen-bond acceptors (Lipinski definition) is 5. The fourth-order valence-corrected chi connectivity index (χ4v) is 2.77. The Morgan fingerprint density at radius 2 is 1.04 bits per heavy atom. The van der Waals surface area contributed by atoms with Crippen molar-refractivity contribution in [2.75, 3.05) is 16.4 Å². The lowest BCUT2D eigenvalue weighted by molar-refractivity contribution is 0.867. The third kappa shape index (κ3) is 4.56. The van der Waals surface area contributed by atoms with Crippen molar-refractivity contribution < 1.29 is 0 Å². The van der Waals surface area contributed by atoms with Gasteiger partial charge in [0.15, 0.2) is 11.6 Å². The third-order valence-corrected chi connectivity index (χ3v) is 4.56. The Balaban J connectivity index is 1.77. The molecule has 0 atom stereocenters. The van der Waals surface area contributed by atoms with Gasteiger partial charge in [-0.3, -0.25) is 0 Å². The molecule has 0 aliphatic carbocycles. The van der Waals surface area contributed by atoms with Crippen molar-refractivity contribution in [1.29, 1.82) is 0 Å². The molecule has 0 unspecified atom stereocenters. The molecule has 5 heteroatoms. The summed E-state index contributed by atoms with van der Waals surface area (Å²) in [6, 6.07) is 16.6. The lowest BCUT2D eigenvalue weighted by Crippen LogP contribution is -2.05. The molecular weight excluding hydrogens is 334 g/mol. The number of nitrogens with two attached hydrogens (primary N) is 1. The van der Waals surface area contributed by atoms with Crippen molar-refractivity contribution in [3.8, 4) is 0 Å². The van der Waals surface area contributed by atoms with Gasteiger partial charge in [0.2, 0.25) is 0 Å². The molecule has 2 aromatic carbocycles. The average molecular weight is 361 g/mol. The molecule has 0 saturated heterocycles. The summed E-state index contributed by atoms with van der Waals surface area (Å²) in [4.78, 5) is 8.57. The van der Waals surface area contributed by atoms with Crippen LogP contribution in [-0.4, -0.2) is 9.97 Å². The van der Waals surface area contributed by atoms with E-state index in [9.17, 15) is 0 Å². The summed E-state index contributed by atoms with van der Waals surface area (Å²) in [6.45, 7) is 8.71. The van der Waals surface area contributed by atoms with Crippen LogP contribution in [0.1, 0.15) is 50.7 Å². The molecule has 0 aliphatic rings. The van der Waals surface area contributed by atoms with Crippen LogP contribution in [0.5, 0.6) is 0 Å². The summed E-state index contributed by atoms with van der Waals surface area (Å²) in [5.41, 5.74) is 11.2. The topological polar surface area (TPSA) is 75.9 Å². The van der Waals surface area contributed by atoms with Gasteiger partial charge < -0.3 is 16.4 Å². The van der Waals surface area contributed by atoms with Crippen molar-refractivity contribution >= 4 is 28.7 Å². The highest BCUT2D eigenvalue weighted by Gasteiger charge is 2.09. The van der Waals surface area contributed by atoms with Gasteiger partial charge in [-0.15, -0.1) is 0 Å². The quantitative estimate of drug-likeness (QED) is 0.518. The zero-order valence-electron chi connectivity index (χ0n) is 16.3. The van der Waals surface area contributed by atoms with Crippen LogP contribution < -0.4 is 16.4 Å². The highest BCUT2D eigenvalue weighted by atomic mass is 15.1. The van der Waals surface area contributed by atoms with Crippen molar-refractivity contribution in [3.63, 3.8) is 0 Å². The van der Waals surface area contributed by atoms with Crippen LogP contribution in [0.3, 0.4) is 0 Å². The second kappa shape index (κ2) is 8.08. The van der Waals surface area contributed by atoms with Crippen LogP contribution in [0.25, 0.3) is 0 Å². The van der Waals surface area contributed by atoms with Gasteiger partial charge in [-0.05, 0) is 47.2 Å². The van der Waals surface area contributed by atoms with Gasteiger partial charge in [0, 0.05) is 11.4 Å². The minimum atomic E-state index is 0.485. The van der Waals surface area contributed by atoms with Crippen LogP contribution in [-0.2, 0) is 0 Å². The number of nitrogens with one attached hydrogen (secondary N) is 2. The maximum Gasteiger partial charge on any atom is 0.159 e. The maximum atomic E-state index is 6.29. The van der Waals surface area contributed by atoms with Crippen LogP contribution in [0.4, 0.5) is 28.7 Å². The van der Waals surface area contributed by atoms with Gasteiger partial charge in [0.1, 0.15) is 12.0 Å². The van der Waals surface area contributed by atoms with E-state index in [1.54, 1.807) is 0 Å². The molecule has 0 amide bonds. The predicted octanol–water partition coefficient (Wildman–Crippen LogP) is 5.79. The van der Waals surface area contributed by atoms with E-state index in [-0.39, 0.29) is 0 Å². The normalized spacial score (nSPS) is 11.0. The molecular formula is C22H27N5. The first-order valence-electron chi connectivity index (χ1n) is 9.28. The van der Waals surface area contributed by atoms with E-state index in [1.165, 1.54) is 17.5 Å². The van der Waals surface area contributed by atoms with E-state index in [4.69, 9.17) is 5.73 Å². The minimum absolute atomic E-state index is 0.485. The maximum absolute atomic E-state index is 6.29. The predicted molar refractivity (Wildman–Crippen MR) is 114 cm³/mol. The molecule has 1 heterocycles. The summed E-state index contributed by atoms with van der Waals surface area (Å²) in [7, 11) is 0. The van der Waals surface area contributed by atoms with Crippen LogP contribution in [0.2, 0.25) is 0 Å². The summed E-state index contributed by atoms with van der Waals surface area (Å²) in [6.07, 6.45) is 1.51. The molecule has 0 spiro atoms. The number of nitrogen functional groups attached to an aromatic ring is 1.